The number of carbonyl (C=O) groups excluding carboxylic acids is 1. The molecule has 1 aromatic carbocycles. The van der Waals surface area contributed by atoms with Crippen molar-refractivity contribution in [3.63, 3.8) is 0 Å². The highest BCUT2D eigenvalue weighted by Gasteiger charge is 2.30. The number of esters is 1. The molecule has 0 bridgehead atoms. The lowest BCUT2D eigenvalue weighted by Crippen LogP contribution is -2.10. The van der Waals surface area contributed by atoms with E-state index in [1.54, 1.807) is 7.05 Å². The first-order valence-corrected chi connectivity index (χ1v) is 8.41. The van der Waals surface area contributed by atoms with Crippen LogP contribution < -0.4 is 5.32 Å². The van der Waals surface area contributed by atoms with Gasteiger partial charge in [-0.2, -0.15) is 0 Å². The van der Waals surface area contributed by atoms with E-state index in [0.717, 1.165) is 33.5 Å². The molecule has 0 fully saturated rings. The first-order valence-electron chi connectivity index (χ1n) is 8.41. The molecule has 0 saturated carbocycles. The number of cyclic esters (lactones) is 1. The number of carboxylic acid groups (broad SMARTS) is 1. The minimum atomic E-state index is -0.799. The lowest BCUT2D eigenvalue weighted by Gasteiger charge is -2.19. The SMILES string of the molecule is C=CCc1c(C)c2c(c(NC)c1C/C=C(\C)CCC(=O)O)C(=O)OC2. The highest BCUT2D eigenvalue weighted by molar-refractivity contribution is 6.01. The zero-order valence-electron chi connectivity index (χ0n) is 15.1. The number of hydrogen-bond acceptors (Lipinski definition) is 4. The molecule has 0 aliphatic carbocycles. The van der Waals surface area contributed by atoms with Crippen LogP contribution in [0.4, 0.5) is 5.69 Å². The zero-order valence-corrected chi connectivity index (χ0v) is 15.1. The minimum Gasteiger partial charge on any atom is -0.481 e. The number of fused-ring (bicyclic) bond motifs is 1. The van der Waals surface area contributed by atoms with Crippen LogP contribution in [0.25, 0.3) is 0 Å². The maximum Gasteiger partial charge on any atom is 0.341 e. The fraction of sp³-hybridized carbons (Fsp3) is 0.400. The van der Waals surface area contributed by atoms with Crippen LogP contribution in [-0.4, -0.2) is 24.1 Å². The summed E-state index contributed by atoms with van der Waals surface area (Å²) in [7, 11) is 1.80. The van der Waals surface area contributed by atoms with Crippen LogP contribution >= 0.6 is 0 Å². The van der Waals surface area contributed by atoms with Crippen LogP contribution in [0.1, 0.15) is 52.4 Å². The molecular weight excluding hydrogens is 318 g/mol. The van der Waals surface area contributed by atoms with Crippen LogP contribution in [0.5, 0.6) is 0 Å². The number of ether oxygens (including phenoxy) is 1. The smallest absolute Gasteiger partial charge is 0.341 e. The van der Waals surface area contributed by atoms with Gasteiger partial charge in [0, 0.05) is 19.0 Å². The fourth-order valence-corrected chi connectivity index (χ4v) is 3.27. The molecule has 1 aromatic rings. The van der Waals surface area contributed by atoms with E-state index < -0.39 is 5.97 Å². The largest absolute Gasteiger partial charge is 0.481 e. The zero-order chi connectivity index (χ0) is 18.6. The summed E-state index contributed by atoms with van der Waals surface area (Å²) in [6.07, 6.45) is 5.88. The first kappa shape index (κ1) is 18.8. The number of nitrogens with one attached hydrogen (secondary N) is 1. The third-order valence-corrected chi connectivity index (χ3v) is 4.66. The van der Waals surface area contributed by atoms with Crippen LogP contribution in [-0.2, 0) is 29.0 Å². The van der Waals surface area contributed by atoms with E-state index in [2.05, 4.69) is 11.9 Å². The molecule has 5 heteroatoms. The van der Waals surface area contributed by atoms with E-state index in [-0.39, 0.29) is 12.4 Å². The molecular formula is C20H25NO4. The number of aliphatic carboxylic acids is 1. The van der Waals surface area contributed by atoms with E-state index in [4.69, 9.17) is 9.84 Å². The Labute approximate surface area is 148 Å². The summed E-state index contributed by atoms with van der Waals surface area (Å²) < 4.78 is 5.24. The van der Waals surface area contributed by atoms with Crippen molar-refractivity contribution in [3.8, 4) is 0 Å². The summed E-state index contributed by atoms with van der Waals surface area (Å²) in [4.78, 5) is 22.9. The van der Waals surface area contributed by atoms with E-state index in [0.29, 0.717) is 31.4 Å². The van der Waals surface area contributed by atoms with Gasteiger partial charge in [-0.25, -0.2) is 4.79 Å². The molecule has 5 nitrogen and oxygen atoms in total. The van der Waals surface area contributed by atoms with Gasteiger partial charge in [0.1, 0.15) is 6.61 Å². The van der Waals surface area contributed by atoms with Crippen LogP contribution in [0.15, 0.2) is 24.3 Å². The third-order valence-electron chi connectivity index (χ3n) is 4.66. The Balaban J connectivity index is 2.48. The summed E-state index contributed by atoms with van der Waals surface area (Å²) in [6.45, 7) is 8.11. The van der Waals surface area contributed by atoms with Gasteiger partial charge in [0.15, 0.2) is 0 Å². The van der Waals surface area contributed by atoms with Crippen molar-refractivity contribution in [1.29, 1.82) is 0 Å². The Kier molecular flexibility index (Phi) is 6.02. The standard InChI is InChI=1S/C20H25NO4/c1-5-6-14-13(3)16-11-25-20(24)18(16)19(21-4)15(14)9-7-12(2)8-10-17(22)23/h5,7,21H,1,6,8-11H2,2-4H3,(H,22,23)/b12-7+. The Hall–Kier alpha value is -2.56. The van der Waals surface area contributed by atoms with Crippen molar-refractivity contribution >= 4 is 17.6 Å². The van der Waals surface area contributed by atoms with Gasteiger partial charge < -0.3 is 15.2 Å². The van der Waals surface area contributed by atoms with Gasteiger partial charge >= 0.3 is 11.9 Å². The fourth-order valence-electron chi connectivity index (χ4n) is 3.27. The molecule has 0 atom stereocenters. The second kappa shape index (κ2) is 8.01. The quantitative estimate of drug-likeness (QED) is 0.555. The number of carbonyl (C=O) groups is 2. The third kappa shape index (κ3) is 3.92. The van der Waals surface area contributed by atoms with E-state index >= 15 is 0 Å². The lowest BCUT2D eigenvalue weighted by molar-refractivity contribution is -0.136. The summed E-state index contributed by atoms with van der Waals surface area (Å²) in [5.41, 5.74) is 6.68. The van der Waals surface area contributed by atoms with Crippen LogP contribution in [0, 0.1) is 6.92 Å². The number of hydrogen-bond donors (Lipinski definition) is 2. The highest BCUT2D eigenvalue weighted by Crippen LogP contribution is 2.37. The van der Waals surface area contributed by atoms with Gasteiger partial charge in [-0.1, -0.05) is 17.7 Å². The molecule has 2 N–H and O–H groups in total. The predicted octanol–water partition coefficient (Wildman–Crippen LogP) is 3.79. The second-order valence-electron chi connectivity index (χ2n) is 6.28. The average Bonchev–Trinajstić information content (AvgIpc) is 2.96. The van der Waals surface area contributed by atoms with Gasteiger partial charge in [0.25, 0.3) is 0 Å². The van der Waals surface area contributed by atoms with Crippen molar-refractivity contribution in [2.24, 2.45) is 0 Å². The monoisotopic (exact) mass is 343 g/mol. The molecule has 1 heterocycles. The number of carboxylic acids is 1. The molecule has 0 unspecified atom stereocenters. The summed E-state index contributed by atoms with van der Waals surface area (Å²) in [5.74, 6) is -1.09. The molecule has 25 heavy (non-hydrogen) atoms. The van der Waals surface area contributed by atoms with Gasteiger partial charge in [-0.3, -0.25) is 4.79 Å². The average molecular weight is 343 g/mol. The van der Waals surface area contributed by atoms with Gasteiger partial charge in [0.2, 0.25) is 0 Å². The molecule has 1 aliphatic rings. The van der Waals surface area contributed by atoms with E-state index in [9.17, 15) is 9.59 Å². The number of benzene rings is 1. The topological polar surface area (TPSA) is 75.6 Å². The van der Waals surface area contributed by atoms with E-state index in [1.165, 1.54) is 0 Å². The van der Waals surface area contributed by atoms with Crippen molar-refractivity contribution in [1.82, 2.24) is 0 Å². The molecule has 0 amide bonds. The van der Waals surface area contributed by atoms with Crippen molar-refractivity contribution < 1.29 is 19.4 Å². The maximum atomic E-state index is 12.2. The van der Waals surface area contributed by atoms with Gasteiger partial charge in [-0.05, 0) is 49.8 Å². The Morgan fingerprint density at radius 2 is 2.04 bits per heavy atom. The van der Waals surface area contributed by atoms with Crippen molar-refractivity contribution in [2.75, 3.05) is 12.4 Å². The summed E-state index contributed by atoms with van der Waals surface area (Å²) >= 11 is 0. The van der Waals surface area contributed by atoms with E-state index in [1.807, 2.05) is 26.0 Å². The maximum absolute atomic E-state index is 12.2. The van der Waals surface area contributed by atoms with Crippen LogP contribution in [0.3, 0.4) is 0 Å². The number of rotatable bonds is 8. The minimum absolute atomic E-state index is 0.121. The normalized spacial score (nSPS) is 13.4. The van der Waals surface area contributed by atoms with Gasteiger partial charge in [0.05, 0.1) is 11.3 Å². The highest BCUT2D eigenvalue weighted by atomic mass is 16.5. The van der Waals surface area contributed by atoms with Gasteiger partial charge in [-0.15, -0.1) is 6.58 Å². The molecule has 0 radical (unpaired) electrons. The Bertz CT molecular complexity index is 747. The molecule has 0 spiro atoms. The van der Waals surface area contributed by atoms with Crippen molar-refractivity contribution in [2.45, 2.75) is 46.1 Å². The Morgan fingerprint density at radius 3 is 2.64 bits per heavy atom. The lowest BCUT2D eigenvalue weighted by atomic mass is 9.87. The predicted molar refractivity (Wildman–Crippen MR) is 98.1 cm³/mol. The first-order chi connectivity index (χ1) is 11.9. The summed E-state index contributed by atoms with van der Waals surface area (Å²) in [5, 5.41) is 12.0. The van der Waals surface area contributed by atoms with Crippen molar-refractivity contribution in [3.05, 3.63) is 52.1 Å². The Morgan fingerprint density at radius 1 is 1.32 bits per heavy atom. The molecule has 2 rings (SSSR count). The molecule has 0 saturated heterocycles. The summed E-state index contributed by atoms with van der Waals surface area (Å²) in [6, 6.07) is 0. The number of allylic oxidation sites excluding steroid dienone is 3. The molecule has 0 aromatic heterocycles. The van der Waals surface area contributed by atoms with Crippen LogP contribution in [0.2, 0.25) is 0 Å². The molecule has 134 valence electrons. The second-order valence-corrected chi connectivity index (χ2v) is 6.28. The number of anilines is 1. The molecule has 1 aliphatic heterocycles.